The molecule has 8 N–H and O–H groups in total. The second-order valence-corrected chi connectivity index (χ2v) is 38.7. The molecule has 0 saturated carbocycles. The van der Waals surface area contributed by atoms with E-state index in [2.05, 4.69) is 39.4 Å². The van der Waals surface area contributed by atoms with Crippen molar-refractivity contribution in [1.29, 1.82) is 11.1 Å². The van der Waals surface area contributed by atoms with E-state index in [-0.39, 0.29) is 114 Å². The lowest BCUT2D eigenvalue weighted by Crippen LogP contribution is -2.42. The zero-order valence-electron chi connectivity index (χ0n) is 73.9. The predicted octanol–water partition coefficient (Wildman–Crippen LogP) is 17.0. The maximum absolute atomic E-state index is 14.5. The Balaban J connectivity index is 0.000000187. The first-order chi connectivity index (χ1) is 65.8. The SMILES string of the molecule is C#CC[C@@H](NCCCN1C(=O)c2ccccc2C1=O)c1nc2cc(Cl)ccc2c(=O)n1Nc1ccccc1.C#CC[C@H](c1nc2cc(Cl)ccc2c(=O)n1Nc1ccccc1)N(CCCN)S(=O)(=O)c1ccc(C)cc1.C#CC[C@H](c1nc2cc(Cl)ccc2c(=O)n1Nc1ccccc1)N(CCCN1C(=O)c2ccccc2C1=O)S(=O)(=O)c1ccc(C)cc1.Cc1ccc(S(=O)(=O)Cl)cc1.N=N.[HH]. The first kappa shape index (κ1) is 102. The topological polar surface area (TPSA) is 410 Å². The molecule has 0 spiro atoms. The molecule has 37 heteroatoms. The van der Waals surface area contributed by atoms with E-state index in [0.717, 1.165) is 21.6 Å². The van der Waals surface area contributed by atoms with E-state index in [1.807, 2.05) is 75.4 Å². The van der Waals surface area contributed by atoms with Crippen LogP contribution in [0.2, 0.25) is 15.1 Å². The van der Waals surface area contributed by atoms with Crippen molar-refractivity contribution in [2.24, 2.45) is 5.73 Å². The third-order valence-corrected chi connectivity index (χ3v) is 27.7. The number of amides is 4. The van der Waals surface area contributed by atoms with Gasteiger partial charge in [0.1, 0.15) is 5.82 Å². The van der Waals surface area contributed by atoms with Gasteiger partial charge >= 0.3 is 0 Å². The summed E-state index contributed by atoms with van der Waals surface area (Å²) in [5.41, 5.74) is 31.0. The number of sulfonamides is 2. The molecule has 3 atom stereocenters. The monoisotopic (exact) mass is 1980 g/mol. The number of imide groups is 2. The van der Waals surface area contributed by atoms with E-state index in [0.29, 0.717) is 101 Å². The molecule has 16 rings (SSSR count). The number of hydrogen-bond acceptors (Lipinski definition) is 23. The fraction of sp³-hybridized carbons (Fsp3) is 0.180. The summed E-state index contributed by atoms with van der Waals surface area (Å²) in [6.45, 7) is 6.40. The van der Waals surface area contributed by atoms with E-state index < -0.39 is 70.2 Å². The van der Waals surface area contributed by atoms with Crippen molar-refractivity contribution in [2.75, 3.05) is 55.5 Å². The molecule has 4 amide bonds. The number of nitrogens with one attached hydrogen (secondary N) is 6. The molecule has 0 unspecified atom stereocenters. The van der Waals surface area contributed by atoms with Crippen molar-refractivity contribution in [1.82, 2.24) is 52.7 Å². The number of nitrogens with zero attached hydrogens (tertiary/aromatic N) is 10. The molecule has 30 nitrogen and oxygen atoms in total. The van der Waals surface area contributed by atoms with E-state index >= 15 is 0 Å². The minimum atomic E-state index is -4.29. The maximum Gasteiger partial charge on any atom is 0.280 e. The van der Waals surface area contributed by atoms with Crippen LogP contribution in [-0.4, -0.2) is 136 Å². The fourth-order valence-electron chi connectivity index (χ4n) is 15.0. The molecule has 0 bridgehead atoms. The smallest absolute Gasteiger partial charge is 0.280 e. The van der Waals surface area contributed by atoms with Gasteiger partial charge in [0.15, 0.2) is 11.6 Å². The van der Waals surface area contributed by atoms with Gasteiger partial charge in [-0.25, -0.2) is 65.3 Å². The number of aromatic nitrogens is 6. The standard InChI is InChI=1S/C36H30ClN5O5S.C29H24ClN5O3.C28H28ClN5O3S.C7H7ClO2S.H2N2.H2/c1-3-10-32(33-38-31-23-25(37)17-20-30(31)36(45)42(33)39-26-11-5-4-6-12-26)41(48(46,47)27-18-15-24(2)16-19-27)22-9-21-40-34(43)28-13-7-8-14-29(28)35(40)44;1-2-9-24(31-16-8-17-34-27(36)21-12-6-7-13-22(21)28(34)37)26-32-25-18-19(30)14-15-23(25)29(38)35(26)33-20-10-4-3-5-11-20;1-3-8-26(33(18-7-17-30)38(36,37)23-14-11-20(2)12-15-23)27-31-25-19-21(29)13-16-24(25)28(35)34(27)32-22-9-5-4-6-10-22;1-6-2-4-7(5-3-6)11(8,9)10;1-2;/h1,4-8,11-20,23,32,39H,9-10,21-22H2,2H3;1,3-7,10-15,18,24,31,33H,8-9,16-17H2;1,4-6,9-16,19,26,32H,7-8,17-18,30H2,2H3;2-5H,1H3;1-2H;1H/t32-;24-;26-;;;/m111.../s1. The average molecular weight is 1980 g/mol. The number of aryl methyl sites for hydroxylation is 3. The van der Waals surface area contributed by atoms with Crippen molar-refractivity contribution < 1.29 is 45.9 Å². The highest BCUT2D eigenvalue weighted by Crippen LogP contribution is 2.36. The van der Waals surface area contributed by atoms with Gasteiger partial charge < -0.3 is 11.1 Å². The van der Waals surface area contributed by atoms with Crippen molar-refractivity contribution in [3.8, 4) is 37.0 Å². The predicted molar refractivity (Wildman–Crippen MR) is 534 cm³/mol. The number of para-hydroxylation sites is 3. The molecule has 0 aliphatic carbocycles. The number of carbonyl (C=O) groups excluding carboxylic acids is 4. The molecular formula is C100H93Cl4N17O13S3. The summed E-state index contributed by atoms with van der Waals surface area (Å²) in [6, 6.07) is 71.6. The quantitative estimate of drug-likeness (QED) is 0.00697. The Morgan fingerprint density at radius 1 is 0.401 bits per heavy atom. The summed E-state index contributed by atoms with van der Waals surface area (Å²) in [4.78, 5) is 110. The number of terminal acetylenes is 3. The Morgan fingerprint density at radius 2 is 0.701 bits per heavy atom. The van der Waals surface area contributed by atoms with Crippen LogP contribution in [0.25, 0.3) is 32.7 Å². The number of hydrogen-bond donors (Lipinski definition) is 7. The van der Waals surface area contributed by atoms with E-state index in [4.69, 9.17) is 96.5 Å². The van der Waals surface area contributed by atoms with Crippen molar-refractivity contribution >= 4 is 148 Å². The molecule has 14 aromatic rings. The first-order valence-corrected chi connectivity index (χ1v) is 48.9. The molecule has 0 saturated heterocycles. The Morgan fingerprint density at radius 3 is 1.02 bits per heavy atom. The lowest BCUT2D eigenvalue weighted by molar-refractivity contribution is 0.0635. The van der Waals surface area contributed by atoms with Gasteiger partial charge in [0.05, 0.1) is 105 Å². The van der Waals surface area contributed by atoms with Crippen LogP contribution >= 0.6 is 45.5 Å². The highest BCUT2D eigenvalue weighted by Gasteiger charge is 2.41. The molecule has 702 valence electrons. The molecule has 11 aromatic carbocycles. The third-order valence-electron chi connectivity index (χ3n) is 21.8. The van der Waals surface area contributed by atoms with Crippen LogP contribution < -0.4 is 44.0 Å². The number of carbonyl (C=O) groups is 4. The largest absolute Gasteiger partial charge is 0.330 e. The second kappa shape index (κ2) is 46.3. The van der Waals surface area contributed by atoms with E-state index in [1.165, 1.54) is 57.9 Å². The van der Waals surface area contributed by atoms with Crippen molar-refractivity contribution in [2.45, 2.75) is 92.1 Å². The number of fused-ring (bicyclic) bond motifs is 5. The fourth-order valence-corrected chi connectivity index (χ4v) is 19.5. The zero-order valence-corrected chi connectivity index (χ0v) is 79.4. The van der Waals surface area contributed by atoms with Crippen LogP contribution in [-0.2, 0) is 29.1 Å². The van der Waals surface area contributed by atoms with Crippen molar-refractivity contribution in [3.05, 3.63) is 369 Å². The van der Waals surface area contributed by atoms with E-state index in [9.17, 15) is 58.8 Å². The average Bonchev–Trinajstić information content (AvgIpc) is 1.60. The van der Waals surface area contributed by atoms with Crippen LogP contribution in [0.5, 0.6) is 0 Å². The molecule has 5 heterocycles. The normalized spacial score (nSPS) is 12.8. The van der Waals surface area contributed by atoms with Crippen LogP contribution in [0, 0.1) is 68.9 Å². The number of benzene rings is 11. The van der Waals surface area contributed by atoms with Crippen LogP contribution in [0.4, 0.5) is 17.1 Å². The summed E-state index contributed by atoms with van der Waals surface area (Å²) in [5, 5.41) is 5.53. The Bertz CT molecular complexity index is 7470. The minimum Gasteiger partial charge on any atom is -0.330 e. The summed E-state index contributed by atoms with van der Waals surface area (Å²) < 4.78 is 84.7. The number of halogens is 4. The third kappa shape index (κ3) is 24.1. The minimum absolute atomic E-state index is 0. The molecule has 2 aliphatic heterocycles. The molecular weight excluding hydrogens is 1890 g/mol. The van der Waals surface area contributed by atoms with Crippen molar-refractivity contribution in [3.63, 3.8) is 0 Å². The molecule has 2 aliphatic rings. The molecule has 3 aromatic heterocycles. The van der Waals surface area contributed by atoms with Gasteiger partial charge in [-0.05, 0) is 205 Å². The summed E-state index contributed by atoms with van der Waals surface area (Å²) in [7, 11) is -6.80. The summed E-state index contributed by atoms with van der Waals surface area (Å²) in [5.74, 6) is 6.90. The number of nitrogens with two attached hydrogens (primary N) is 1. The van der Waals surface area contributed by atoms with Crippen LogP contribution in [0.1, 0.15) is 134 Å². The van der Waals surface area contributed by atoms with Crippen LogP contribution in [0.15, 0.2) is 296 Å². The molecule has 0 radical (unpaired) electrons. The highest BCUT2D eigenvalue weighted by atomic mass is 35.7. The lowest BCUT2D eigenvalue weighted by Gasteiger charge is -2.31. The lowest BCUT2D eigenvalue weighted by atomic mass is 10.1. The van der Waals surface area contributed by atoms with Crippen LogP contribution in [0.3, 0.4) is 0 Å². The Hall–Kier alpha value is -14.4. The zero-order chi connectivity index (χ0) is 98.4. The van der Waals surface area contributed by atoms with Gasteiger partial charge in [0.25, 0.3) is 49.4 Å². The molecule has 0 fully saturated rings. The second-order valence-electron chi connectivity index (χ2n) is 31.1. The van der Waals surface area contributed by atoms with Gasteiger partial charge in [-0.15, -0.1) is 37.0 Å². The number of anilines is 3. The van der Waals surface area contributed by atoms with Gasteiger partial charge in [-0.3, -0.25) is 59.6 Å². The molecule has 137 heavy (non-hydrogen) atoms. The van der Waals surface area contributed by atoms with Gasteiger partial charge in [-0.2, -0.15) is 8.61 Å². The summed E-state index contributed by atoms with van der Waals surface area (Å²) in [6.07, 6.45) is 18.3. The number of rotatable bonds is 31. The maximum atomic E-state index is 14.5. The van der Waals surface area contributed by atoms with Gasteiger partial charge in [-0.1, -0.05) is 167 Å². The Kier molecular flexibility index (Phi) is 34.3. The first-order valence-electron chi connectivity index (χ1n) is 42.5. The van der Waals surface area contributed by atoms with Gasteiger partial charge in [0.2, 0.25) is 20.0 Å². The Labute approximate surface area is 811 Å². The van der Waals surface area contributed by atoms with Gasteiger partial charge in [0, 0.05) is 72.6 Å². The summed E-state index contributed by atoms with van der Waals surface area (Å²) >= 11 is 18.7. The highest BCUT2D eigenvalue weighted by molar-refractivity contribution is 8.13. The van der Waals surface area contributed by atoms with E-state index in [1.54, 1.807) is 182 Å².